The maximum absolute atomic E-state index is 13.9. The standard InChI is InChI=1S/C52H74N8O18/c53-17-5-4-8-43(51(64)57-44-11-9-42(10-12-44)38-77-52(65)78-46-15-13-45(14-16-46)60(66)67)37-48(61)47(36-41-6-2-1-3-7-41)58-50(63)40-76-39-49(62)55-18-20-68-22-24-70-26-28-72-30-32-74-34-35-75-33-31-73-29-27-71-25-23-69-21-19-56-59-54/h1-3,6-7,9-16,43,47H,4-5,8,17-40,53H2,(H,55,62)(H,57,64)(H,58,63). The largest absolute Gasteiger partial charge is 0.514 e. The van der Waals surface area contributed by atoms with Crippen LogP contribution in [0.2, 0.25) is 0 Å². The van der Waals surface area contributed by atoms with E-state index in [1.165, 1.54) is 24.3 Å². The third-order valence-electron chi connectivity index (χ3n) is 10.7. The van der Waals surface area contributed by atoms with Crippen LogP contribution < -0.4 is 26.4 Å². The number of carbonyl (C=O) groups is 5. The van der Waals surface area contributed by atoms with Gasteiger partial charge in [-0.1, -0.05) is 54.0 Å². The summed E-state index contributed by atoms with van der Waals surface area (Å²) in [6.07, 6.45) is 0.520. The summed E-state index contributed by atoms with van der Waals surface area (Å²) in [6.45, 7) is 6.15. The lowest BCUT2D eigenvalue weighted by atomic mass is 9.90. The van der Waals surface area contributed by atoms with Crippen molar-refractivity contribution < 1.29 is 81.0 Å². The van der Waals surface area contributed by atoms with Gasteiger partial charge in [-0.3, -0.25) is 29.3 Å². The van der Waals surface area contributed by atoms with Gasteiger partial charge in [0.1, 0.15) is 25.6 Å². The van der Waals surface area contributed by atoms with Gasteiger partial charge in [0.25, 0.3) is 5.69 Å². The summed E-state index contributed by atoms with van der Waals surface area (Å²) in [5, 5.41) is 22.5. The van der Waals surface area contributed by atoms with Gasteiger partial charge in [0, 0.05) is 48.2 Å². The van der Waals surface area contributed by atoms with Crippen molar-refractivity contribution in [1.82, 2.24) is 10.6 Å². The zero-order valence-electron chi connectivity index (χ0n) is 44.0. The third-order valence-corrected chi connectivity index (χ3v) is 10.7. The monoisotopic (exact) mass is 1100 g/mol. The first kappa shape index (κ1) is 65.6. The minimum Gasteiger partial charge on any atom is -0.429 e. The minimum absolute atomic E-state index is 0.0698. The first-order chi connectivity index (χ1) is 38.1. The summed E-state index contributed by atoms with van der Waals surface area (Å²) >= 11 is 0. The lowest BCUT2D eigenvalue weighted by Crippen LogP contribution is -2.45. The summed E-state index contributed by atoms with van der Waals surface area (Å²) in [6, 6.07) is 19.5. The number of rotatable bonds is 47. The van der Waals surface area contributed by atoms with Gasteiger partial charge in [-0.05, 0) is 66.7 Å². The van der Waals surface area contributed by atoms with Gasteiger partial charge in [-0.25, -0.2) is 4.79 Å². The van der Waals surface area contributed by atoms with E-state index in [2.05, 4.69) is 26.0 Å². The number of unbranched alkanes of at least 4 members (excludes halogenated alkanes) is 1. The van der Waals surface area contributed by atoms with E-state index >= 15 is 0 Å². The van der Waals surface area contributed by atoms with Crippen molar-refractivity contribution in [2.75, 3.05) is 144 Å². The number of Topliss-reactive ketones (excluding diaryl/α,β-unsaturated/α-hetero) is 1. The maximum Gasteiger partial charge on any atom is 0.514 e. The van der Waals surface area contributed by atoms with E-state index in [9.17, 15) is 34.1 Å². The van der Waals surface area contributed by atoms with Crippen molar-refractivity contribution in [3.05, 3.63) is 111 Å². The highest BCUT2D eigenvalue weighted by molar-refractivity contribution is 5.97. The summed E-state index contributed by atoms with van der Waals surface area (Å²) in [4.78, 5) is 78.2. The molecule has 0 bridgehead atoms. The first-order valence-electron chi connectivity index (χ1n) is 25.6. The number of carbonyl (C=O) groups excluding carboxylic acids is 5. The van der Waals surface area contributed by atoms with Crippen LogP contribution >= 0.6 is 0 Å². The molecule has 2 atom stereocenters. The average Bonchev–Trinajstić information content (AvgIpc) is 3.43. The molecule has 0 radical (unpaired) electrons. The van der Waals surface area contributed by atoms with E-state index in [-0.39, 0.29) is 49.8 Å². The number of amides is 3. The molecule has 5 N–H and O–H groups in total. The second kappa shape index (κ2) is 43.3. The van der Waals surface area contributed by atoms with Crippen LogP contribution in [0.15, 0.2) is 84.0 Å². The molecule has 0 saturated carbocycles. The van der Waals surface area contributed by atoms with Crippen LogP contribution in [0.1, 0.15) is 36.8 Å². The Kier molecular flexibility index (Phi) is 36.4. The Morgan fingerprint density at radius 1 is 0.641 bits per heavy atom. The van der Waals surface area contributed by atoms with Crippen molar-refractivity contribution in [1.29, 1.82) is 0 Å². The number of nitro benzene ring substituents is 1. The first-order valence-corrected chi connectivity index (χ1v) is 25.6. The lowest BCUT2D eigenvalue weighted by Gasteiger charge is -2.22. The molecule has 2 unspecified atom stereocenters. The van der Waals surface area contributed by atoms with Crippen LogP contribution in [0.3, 0.4) is 0 Å². The molecule has 430 valence electrons. The van der Waals surface area contributed by atoms with Crippen LogP contribution in [-0.2, 0) is 79.6 Å². The number of hydrogen-bond donors (Lipinski definition) is 4. The predicted molar refractivity (Wildman–Crippen MR) is 281 cm³/mol. The smallest absolute Gasteiger partial charge is 0.429 e. The molecule has 0 spiro atoms. The van der Waals surface area contributed by atoms with Crippen molar-refractivity contribution in [3.63, 3.8) is 0 Å². The Labute approximate surface area is 453 Å². The van der Waals surface area contributed by atoms with E-state index < -0.39 is 54.0 Å². The number of nitrogens with zero attached hydrogens (tertiary/aromatic N) is 4. The van der Waals surface area contributed by atoms with E-state index in [1.807, 2.05) is 30.3 Å². The molecule has 0 aromatic heterocycles. The Morgan fingerprint density at radius 3 is 1.72 bits per heavy atom. The molecule has 0 aliphatic heterocycles. The van der Waals surface area contributed by atoms with Crippen molar-refractivity contribution >= 4 is 41.0 Å². The number of anilines is 1. The number of ether oxygens (including phenoxy) is 11. The lowest BCUT2D eigenvalue weighted by molar-refractivity contribution is -0.384. The van der Waals surface area contributed by atoms with Gasteiger partial charge in [0.15, 0.2) is 5.78 Å². The molecular weight excluding hydrogens is 1020 g/mol. The highest BCUT2D eigenvalue weighted by atomic mass is 16.7. The molecule has 3 amide bonds. The Hall–Kier alpha value is -6.68. The van der Waals surface area contributed by atoms with Crippen molar-refractivity contribution in [2.24, 2.45) is 16.8 Å². The van der Waals surface area contributed by atoms with Crippen LogP contribution in [0.4, 0.5) is 16.2 Å². The second-order valence-electron chi connectivity index (χ2n) is 16.7. The number of nitrogens with one attached hydrogen (secondary N) is 3. The zero-order valence-corrected chi connectivity index (χ0v) is 44.0. The van der Waals surface area contributed by atoms with E-state index in [1.54, 1.807) is 24.3 Å². The molecule has 0 saturated heterocycles. The van der Waals surface area contributed by atoms with Gasteiger partial charge < -0.3 is 73.8 Å². The summed E-state index contributed by atoms with van der Waals surface area (Å²) in [7, 11) is 0. The maximum atomic E-state index is 13.9. The fraction of sp³-hybridized carbons (Fsp3) is 0.558. The quantitative estimate of drug-likeness (QED) is 0.00897. The Morgan fingerprint density at radius 2 is 1.18 bits per heavy atom. The van der Waals surface area contributed by atoms with E-state index in [0.29, 0.717) is 143 Å². The van der Waals surface area contributed by atoms with Crippen LogP contribution in [0.5, 0.6) is 5.75 Å². The van der Waals surface area contributed by atoms with Gasteiger partial charge >= 0.3 is 6.16 Å². The molecule has 26 heteroatoms. The van der Waals surface area contributed by atoms with Gasteiger partial charge in [-0.2, -0.15) is 0 Å². The number of azide groups is 1. The Balaban J connectivity index is 1.25. The van der Waals surface area contributed by atoms with Crippen LogP contribution in [0, 0.1) is 16.0 Å². The SMILES string of the molecule is [N-]=[N+]=NCCOCCOCCOCCOCCOCCOCCOCCOCCNC(=O)COCC(=O)NC(Cc1ccccc1)C(=O)CC(CCCCN)C(=O)Nc1ccc(COC(=O)Oc2ccc([N+](=O)[O-])cc2)cc1. The molecule has 26 nitrogen and oxygen atoms in total. The summed E-state index contributed by atoms with van der Waals surface area (Å²) in [5.41, 5.74) is 15.5. The average molecular weight is 1100 g/mol. The topological polar surface area (TPSA) is 341 Å². The van der Waals surface area contributed by atoms with Crippen LogP contribution in [-0.4, -0.2) is 179 Å². The normalized spacial score (nSPS) is 11.7. The third kappa shape index (κ3) is 32.8. The number of nitrogens with two attached hydrogens (primary N) is 1. The molecule has 0 heterocycles. The molecule has 0 fully saturated rings. The minimum atomic E-state index is -1.01. The fourth-order valence-electron chi connectivity index (χ4n) is 6.75. The molecule has 0 aliphatic rings. The number of benzene rings is 3. The van der Waals surface area contributed by atoms with E-state index in [0.717, 1.165) is 5.56 Å². The van der Waals surface area contributed by atoms with Crippen LogP contribution in [0.25, 0.3) is 10.4 Å². The molecule has 3 rings (SSSR count). The summed E-state index contributed by atoms with van der Waals surface area (Å²) < 4.78 is 59.0. The van der Waals surface area contributed by atoms with E-state index in [4.69, 9.17) is 63.4 Å². The predicted octanol–water partition coefficient (Wildman–Crippen LogP) is 4.26. The van der Waals surface area contributed by atoms with Crippen molar-refractivity contribution in [2.45, 2.75) is 44.8 Å². The van der Waals surface area contributed by atoms with Gasteiger partial charge in [0.2, 0.25) is 17.7 Å². The number of hydrogen-bond acceptors (Lipinski definition) is 20. The fourth-order valence-corrected chi connectivity index (χ4v) is 6.75. The number of nitro groups is 1. The van der Waals surface area contributed by atoms with Gasteiger partial charge in [0.05, 0.1) is 117 Å². The number of ketones is 1. The molecule has 0 aliphatic carbocycles. The molecule has 78 heavy (non-hydrogen) atoms. The number of non-ortho nitro benzene ring substituents is 1. The zero-order chi connectivity index (χ0) is 56.1. The Bertz CT molecular complexity index is 2190. The molecular formula is C52H74N8O18. The highest BCUT2D eigenvalue weighted by Gasteiger charge is 2.28. The van der Waals surface area contributed by atoms with Gasteiger partial charge in [-0.15, -0.1) is 0 Å². The summed E-state index contributed by atoms with van der Waals surface area (Å²) in [5.74, 6) is -2.56. The molecule has 3 aromatic carbocycles. The second-order valence-corrected chi connectivity index (χ2v) is 16.7. The highest BCUT2D eigenvalue weighted by Crippen LogP contribution is 2.21. The molecule has 3 aromatic rings. The van der Waals surface area contributed by atoms with Crippen molar-refractivity contribution in [3.8, 4) is 5.75 Å².